The summed E-state index contributed by atoms with van der Waals surface area (Å²) in [4.78, 5) is 23.5. The molecule has 122 valence electrons. The third kappa shape index (κ3) is 5.15. The van der Waals surface area contributed by atoms with Crippen LogP contribution in [0.25, 0.3) is 0 Å². The van der Waals surface area contributed by atoms with Gasteiger partial charge in [0.05, 0.1) is 0 Å². The van der Waals surface area contributed by atoms with Crippen molar-refractivity contribution >= 4 is 23.2 Å². The predicted octanol–water partition coefficient (Wildman–Crippen LogP) is 2.01. The molecular weight excluding hydrogens is 319 g/mol. The molecule has 0 aliphatic heterocycles. The van der Waals surface area contributed by atoms with Crippen molar-refractivity contribution in [2.45, 2.75) is 12.6 Å². The molecule has 7 heteroatoms. The first-order valence-corrected chi connectivity index (χ1v) is 7.90. The van der Waals surface area contributed by atoms with Crippen molar-refractivity contribution in [2.75, 3.05) is 13.7 Å². The number of carbonyl (C=O) groups excluding carboxylic acids is 2. The molecule has 1 aromatic heterocycles. The van der Waals surface area contributed by atoms with Gasteiger partial charge in [-0.2, -0.15) is 11.3 Å². The summed E-state index contributed by atoms with van der Waals surface area (Å²) in [6.07, 6.45) is -0.296. The lowest BCUT2D eigenvalue weighted by molar-refractivity contribution is -0.139. The fourth-order valence-electron chi connectivity index (χ4n) is 1.93. The Bertz CT molecular complexity index is 644. The van der Waals surface area contributed by atoms with Crippen molar-refractivity contribution < 1.29 is 18.7 Å². The van der Waals surface area contributed by atoms with E-state index in [2.05, 4.69) is 10.6 Å². The van der Waals surface area contributed by atoms with E-state index in [9.17, 15) is 14.0 Å². The maximum Gasteiger partial charge on any atom is 0.309 e. The smallest absolute Gasteiger partial charge is 0.309 e. The Morgan fingerprint density at radius 3 is 2.48 bits per heavy atom. The van der Waals surface area contributed by atoms with Crippen LogP contribution in [-0.4, -0.2) is 25.5 Å². The largest absolute Gasteiger partial charge is 0.375 e. The van der Waals surface area contributed by atoms with Crippen LogP contribution in [0.5, 0.6) is 0 Å². The maximum absolute atomic E-state index is 12.8. The highest BCUT2D eigenvalue weighted by molar-refractivity contribution is 7.07. The van der Waals surface area contributed by atoms with Gasteiger partial charge in [0.2, 0.25) is 0 Å². The molecule has 1 atom stereocenters. The fraction of sp³-hybridized carbons (Fsp3) is 0.250. The number of halogens is 1. The minimum absolute atomic E-state index is 0.158. The highest BCUT2D eigenvalue weighted by Crippen LogP contribution is 2.18. The van der Waals surface area contributed by atoms with Gasteiger partial charge in [-0.05, 0) is 40.1 Å². The molecule has 0 bridgehead atoms. The van der Waals surface area contributed by atoms with Crippen LogP contribution in [-0.2, 0) is 20.9 Å². The summed E-state index contributed by atoms with van der Waals surface area (Å²) in [7, 11) is 1.54. The maximum atomic E-state index is 12.8. The normalized spacial score (nSPS) is 11.7. The van der Waals surface area contributed by atoms with Gasteiger partial charge in [0.15, 0.2) is 0 Å². The lowest BCUT2D eigenvalue weighted by Gasteiger charge is -2.14. The second-order valence-electron chi connectivity index (χ2n) is 4.80. The number of benzene rings is 1. The Hall–Kier alpha value is -2.25. The SMILES string of the molecule is COC(CNC(=O)C(=O)NCc1ccc(F)cc1)c1ccsc1. The molecule has 0 saturated heterocycles. The molecular formula is C16H17FN2O3S. The van der Waals surface area contributed by atoms with E-state index in [4.69, 9.17) is 4.74 Å². The predicted molar refractivity (Wildman–Crippen MR) is 85.3 cm³/mol. The molecule has 0 spiro atoms. The van der Waals surface area contributed by atoms with Crippen LogP contribution < -0.4 is 10.6 Å². The molecule has 0 fully saturated rings. The van der Waals surface area contributed by atoms with Crippen molar-refractivity contribution in [3.8, 4) is 0 Å². The Morgan fingerprint density at radius 1 is 1.17 bits per heavy atom. The first kappa shape index (κ1) is 17.1. The van der Waals surface area contributed by atoms with Gasteiger partial charge in [-0.1, -0.05) is 12.1 Å². The van der Waals surface area contributed by atoms with E-state index in [1.165, 1.54) is 23.5 Å². The van der Waals surface area contributed by atoms with Gasteiger partial charge < -0.3 is 15.4 Å². The molecule has 1 unspecified atom stereocenters. The quantitative estimate of drug-likeness (QED) is 0.793. The average Bonchev–Trinajstić information content (AvgIpc) is 3.08. The van der Waals surface area contributed by atoms with Gasteiger partial charge in [-0.25, -0.2) is 4.39 Å². The van der Waals surface area contributed by atoms with Crippen LogP contribution in [0.4, 0.5) is 4.39 Å². The minimum Gasteiger partial charge on any atom is -0.375 e. The zero-order chi connectivity index (χ0) is 16.7. The highest BCUT2D eigenvalue weighted by Gasteiger charge is 2.17. The molecule has 23 heavy (non-hydrogen) atoms. The third-order valence-electron chi connectivity index (χ3n) is 3.22. The standard InChI is InChI=1S/C16H17FN2O3S/c1-22-14(12-6-7-23-10-12)9-19-16(21)15(20)18-8-11-2-4-13(17)5-3-11/h2-7,10,14H,8-9H2,1H3,(H,18,20)(H,19,21). The first-order chi connectivity index (χ1) is 11.1. The van der Waals surface area contributed by atoms with Crippen LogP contribution in [0.1, 0.15) is 17.2 Å². The monoisotopic (exact) mass is 336 g/mol. The Morgan fingerprint density at radius 2 is 1.87 bits per heavy atom. The lowest BCUT2D eigenvalue weighted by Crippen LogP contribution is -2.41. The van der Waals surface area contributed by atoms with Gasteiger partial charge in [-0.3, -0.25) is 9.59 Å². The summed E-state index contributed by atoms with van der Waals surface area (Å²) in [5.41, 5.74) is 1.66. The van der Waals surface area contributed by atoms with Crippen LogP contribution in [0, 0.1) is 5.82 Å². The Labute approximate surface area is 137 Å². The summed E-state index contributed by atoms with van der Waals surface area (Å²) in [6.45, 7) is 0.362. The molecule has 1 aromatic carbocycles. The van der Waals surface area contributed by atoms with Crippen molar-refractivity contribution in [1.82, 2.24) is 10.6 Å². The van der Waals surface area contributed by atoms with Gasteiger partial charge in [0.1, 0.15) is 11.9 Å². The summed E-state index contributed by atoms with van der Waals surface area (Å²) in [5, 5.41) is 8.86. The molecule has 5 nitrogen and oxygen atoms in total. The molecule has 2 N–H and O–H groups in total. The van der Waals surface area contributed by atoms with Crippen LogP contribution in [0.2, 0.25) is 0 Å². The van der Waals surface area contributed by atoms with E-state index in [-0.39, 0.29) is 25.0 Å². The summed E-state index contributed by atoms with van der Waals surface area (Å²) < 4.78 is 18.1. The number of thiophene rings is 1. The van der Waals surface area contributed by atoms with Crippen LogP contribution >= 0.6 is 11.3 Å². The highest BCUT2D eigenvalue weighted by atomic mass is 32.1. The summed E-state index contributed by atoms with van der Waals surface area (Å²) in [6, 6.07) is 7.59. The van der Waals surface area contributed by atoms with Crippen molar-refractivity contribution in [1.29, 1.82) is 0 Å². The van der Waals surface area contributed by atoms with Gasteiger partial charge in [0.25, 0.3) is 0 Å². The molecule has 0 aliphatic rings. The molecule has 0 saturated carbocycles. The molecule has 1 heterocycles. The van der Waals surface area contributed by atoms with Crippen molar-refractivity contribution in [3.05, 3.63) is 58.0 Å². The second kappa shape index (κ2) is 8.40. The number of amides is 2. The van der Waals surface area contributed by atoms with E-state index in [1.807, 2.05) is 16.8 Å². The zero-order valence-corrected chi connectivity index (χ0v) is 13.4. The number of rotatable bonds is 6. The number of hydrogen-bond donors (Lipinski definition) is 2. The Balaban J connectivity index is 1.78. The molecule has 2 rings (SSSR count). The molecule has 2 aromatic rings. The van der Waals surface area contributed by atoms with Gasteiger partial charge in [0, 0.05) is 20.2 Å². The number of hydrogen-bond acceptors (Lipinski definition) is 4. The average molecular weight is 336 g/mol. The second-order valence-corrected chi connectivity index (χ2v) is 5.58. The third-order valence-corrected chi connectivity index (χ3v) is 3.92. The van der Waals surface area contributed by atoms with Crippen molar-refractivity contribution in [3.63, 3.8) is 0 Å². The number of carbonyl (C=O) groups is 2. The van der Waals surface area contributed by atoms with Crippen LogP contribution in [0.15, 0.2) is 41.1 Å². The van der Waals surface area contributed by atoms with Crippen LogP contribution in [0.3, 0.4) is 0 Å². The van der Waals surface area contributed by atoms with Gasteiger partial charge in [-0.15, -0.1) is 0 Å². The molecule has 2 amide bonds. The van der Waals surface area contributed by atoms with Crippen molar-refractivity contribution in [2.24, 2.45) is 0 Å². The van der Waals surface area contributed by atoms with E-state index in [0.29, 0.717) is 5.56 Å². The van der Waals surface area contributed by atoms with Gasteiger partial charge >= 0.3 is 11.8 Å². The van der Waals surface area contributed by atoms with E-state index in [0.717, 1.165) is 5.56 Å². The molecule has 0 aliphatic carbocycles. The fourth-order valence-corrected chi connectivity index (χ4v) is 2.63. The molecule has 0 radical (unpaired) electrons. The van der Waals surface area contributed by atoms with E-state index in [1.54, 1.807) is 19.2 Å². The Kier molecular flexibility index (Phi) is 6.25. The number of ether oxygens (including phenoxy) is 1. The minimum atomic E-state index is -0.741. The summed E-state index contributed by atoms with van der Waals surface area (Å²) in [5.74, 6) is -1.82. The summed E-state index contributed by atoms with van der Waals surface area (Å²) >= 11 is 1.53. The topological polar surface area (TPSA) is 67.4 Å². The zero-order valence-electron chi connectivity index (χ0n) is 12.5. The number of nitrogens with one attached hydrogen (secondary N) is 2. The lowest BCUT2D eigenvalue weighted by atomic mass is 10.2. The number of methoxy groups -OCH3 is 1. The van der Waals surface area contributed by atoms with E-state index < -0.39 is 11.8 Å². The first-order valence-electron chi connectivity index (χ1n) is 6.95. The van der Waals surface area contributed by atoms with E-state index >= 15 is 0 Å².